The molecule has 0 bridgehead atoms. The van der Waals surface area contributed by atoms with Gasteiger partial charge in [-0.15, -0.1) is 0 Å². The molecule has 2 amide bonds. The molecular weight excluding hydrogens is 394 g/mol. The number of ether oxygens (including phenoxy) is 1. The molecule has 0 aliphatic heterocycles. The van der Waals surface area contributed by atoms with Crippen molar-refractivity contribution in [3.63, 3.8) is 0 Å². The highest BCUT2D eigenvalue weighted by Gasteiger charge is 2.14. The summed E-state index contributed by atoms with van der Waals surface area (Å²) in [6, 6.07) is 23.8. The molecule has 3 N–H and O–H groups in total. The van der Waals surface area contributed by atoms with Gasteiger partial charge in [-0.2, -0.15) is 0 Å². The molecule has 3 aromatic carbocycles. The zero-order chi connectivity index (χ0) is 22.1. The standard InChI is InChI=1S/C24H23N3O4/c1-31-23(29)16-15-22(28)27-21-10-6-5-9-20(21)24(30)26-19-13-11-18(12-14-19)25-17-7-3-2-4-8-17/h2-14,25H,15-16H2,1H3,(H,26,30)(H,27,28). The summed E-state index contributed by atoms with van der Waals surface area (Å²) in [7, 11) is 1.27. The number of anilines is 4. The van der Waals surface area contributed by atoms with Gasteiger partial charge in [0.05, 0.1) is 24.8 Å². The number of methoxy groups -OCH3 is 1. The van der Waals surface area contributed by atoms with Crippen LogP contribution in [0.15, 0.2) is 78.9 Å². The summed E-state index contributed by atoms with van der Waals surface area (Å²) < 4.78 is 4.53. The van der Waals surface area contributed by atoms with Crippen molar-refractivity contribution in [2.45, 2.75) is 12.8 Å². The number of benzene rings is 3. The van der Waals surface area contributed by atoms with E-state index in [1.807, 2.05) is 42.5 Å². The fourth-order valence-electron chi connectivity index (χ4n) is 2.84. The number of nitrogens with one attached hydrogen (secondary N) is 3. The lowest BCUT2D eigenvalue weighted by Crippen LogP contribution is -2.18. The van der Waals surface area contributed by atoms with Crippen LogP contribution in [0.3, 0.4) is 0 Å². The summed E-state index contributed by atoms with van der Waals surface area (Å²) in [5.74, 6) is -1.19. The van der Waals surface area contributed by atoms with Gasteiger partial charge in [-0.3, -0.25) is 14.4 Å². The molecule has 158 valence electrons. The monoisotopic (exact) mass is 417 g/mol. The first-order valence-electron chi connectivity index (χ1n) is 9.74. The SMILES string of the molecule is COC(=O)CCC(=O)Nc1ccccc1C(=O)Nc1ccc(Nc2ccccc2)cc1. The Morgan fingerprint density at radius 1 is 0.710 bits per heavy atom. The van der Waals surface area contributed by atoms with Crippen LogP contribution in [0.25, 0.3) is 0 Å². The average molecular weight is 417 g/mol. The van der Waals surface area contributed by atoms with Crippen molar-refractivity contribution < 1.29 is 19.1 Å². The van der Waals surface area contributed by atoms with Crippen molar-refractivity contribution in [3.05, 3.63) is 84.4 Å². The minimum atomic E-state index is -0.466. The van der Waals surface area contributed by atoms with Crippen molar-refractivity contribution in [1.82, 2.24) is 0 Å². The molecule has 0 aromatic heterocycles. The summed E-state index contributed by atoms with van der Waals surface area (Å²) >= 11 is 0. The zero-order valence-corrected chi connectivity index (χ0v) is 17.1. The van der Waals surface area contributed by atoms with Crippen molar-refractivity contribution in [3.8, 4) is 0 Å². The fraction of sp³-hybridized carbons (Fsp3) is 0.125. The number of para-hydroxylation sites is 2. The van der Waals surface area contributed by atoms with Crippen molar-refractivity contribution in [2.24, 2.45) is 0 Å². The lowest BCUT2D eigenvalue weighted by molar-refractivity contribution is -0.141. The largest absolute Gasteiger partial charge is 0.469 e. The number of hydrogen-bond acceptors (Lipinski definition) is 5. The number of carbonyl (C=O) groups excluding carboxylic acids is 3. The number of rotatable bonds is 8. The molecule has 0 saturated carbocycles. The first kappa shape index (κ1) is 21.6. The van der Waals surface area contributed by atoms with Crippen LogP contribution in [0.5, 0.6) is 0 Å². The van der Waals surface area contributed by atoms with Gasteiger partial charge in [-0.1, -0.05) is 30.3 Å². The molecule has 3 rings (SSSR count). The van der Waals surface area contributed by atoms with Crippen LogP contribution in [0.2, 0.25) is 0 Å². The molecule has 31 heavy (non-hydrogen) atoms. The second-order valence-corrected chi connectivity index (χ2v) is 6.69. The Kier molecular flexibility index (Phi) is 7.37. The maximum atomic E-state index is 12.8. The number of esters is 1. The fourth-order valence-corrected chi connectivity index (χ4v) is 2.84. The van der Waals surface area contributed by atoms with Crippen molar-refractivity contribution >= 4 is 40.5 Å². The van der Waals surface area contributed by atoms with Crippen LogP contribution in [-0.4, -0.2) is 24.9 Å². The minimum Gasteiger partial charge on any atom is -0.469 e. The molecule has 7 nitrogen and oxygen atoms in total. The van der Waals surface area contributed by atoms with Gasteiger partial charge in [0.1, 0.15) is 0 Å². The van der Waals surface area contributed by atoms with Gasteiger partial charge in [0.2, 0.25) is 5.91 Å². The molecule has 3 aromatic rings. The van der Waals surface area contributed by atoms with E-state index >= 15 is 0 Å². The van der Waals surface area contributed by atoms with Crippen LogP contribution in [-0.2, 0) is 14.3 Å². The molecule has 0 spiro atoms. The highest BCUT2D eigenvalue weighted by molar-refractivity contribution is 6.10. The van der Waals surface area contributed by atoms with Gasteiger partial charge < -0.3 is 20.7 Å². The van der Waals surface area contributed by atoms with E-state index in [1.54, 1.807) is 36.4 Å². The molecule has 0 saturated heterocycles. The highest BCUT2D eigenvalue weighted by Crippen LogP contribution is 2.21. The quantitative estimate of drug-likeness (QED) is 0.467. The maximum Gasteiger partial charge on any atom is 0.306 e. The molecule has 0 aliphatic rings. The maximum absolute atomic E-state index is 12.8. The van der Waals surface area contributed by atoms with Gasteiger partial charge in [0.15, 0.2) is 0 Å². The lowest BCUT2D eigenvalue weighted by atomic mass is 10.1. The Bertz CT molecular complexity index is 1050. The highest BCUT2D eigenvalue weighted by atomic mass is 16.5. The number of amides is 2. The lowest BCUT2D eigenvalue weighted by Gasteiger charge is -2.12. The number of hydrogen-bond donors (Lipinski definition) is 3. The van der Waals surface area contributed by atoms with E-state index in [9.17, 15) is 14.4 Å². The summed E-state index contributed by atoms with van der Waals surface area (Å²) in [5, 5.41) is 8.78. The third kappa shape index (κ3) is 6.43. The minimum absolute atomic E-state index is 0.0277. The van der Waals surface area contributed by atoms with Crippen LogP contribution in [0.1, 0.15) is 23.2 Å². The van der Waals surface area contributed by atoms with E-state index in [1.165, 1.54) is 7.11 Å². The molecule has 0 fully saturated rings. The predicted molar refractivity (Wildman–Crippen MR) is 120 cm³/mol. The normalized spacial score (nSPS) is 10.1. The Morgan fingerprint density at radius 3 is 2.03 bits per heavy atom. The van der Waals surface area contributed by atoms with Gasteiger partial charge in [0.25, 0.3) is 5.91 Å². The van der Waals surface area contributed by atoms with Crippen LogP contribution >= 0.6 is 0 Å². The molecule has 7 heteroatoms. The van der Waals surface area contributed by atoms with Gasteiger partial charge in [0, 0.05) is 23.5 Å². The average Bonchev–Trinajstić information content (AvgIpc) is 2.79. The summed E-state index contributed by atoms with van der Waals surface area (Å²) in [4.78, 5) is 36.1. The first-order chi connectivity index (χ1) is 15.0. The van der Waals surface area contributed by atoms with E-state index in [0.717, 1.165) is 11.4 Å². The predicted octanol–water partition coefficient (Wildman–Crippen LogP) is 4.57. The zero-order valence-electron chi connectivity index (χ0n) is 17.1. The van der Waals surface area contributed by atoms with E-state index in [-0.39, 0.29) is 24.7 Å². The van der Waals surface area contributed by atoms with Crippen molar-refractivity contribution in [2.75, 3.05) is 23.1 Å². The van der Waals surface area contributed by atoms with E-state index in [0.29, 0.717) is 16.9 Å². The van der Waals surface area contributed by atoms with Gasteiger partial charge in [-0.25, -0.2) is 0 Å². The molecular formula is C24H23N3O4. The van der Waals surface area contributed by atoms with Crippen LogP contribution < -0.4 is 16.0 Å². The van der Waals surface area contributed by atoms with E-state index < -0.39 is 5.97 Å². The van der Waals surface area contributed by atoms with Gasteiger partial charge in [-0.05, 0) is 48.5 Å². The molecule has 0 unspecified atom stereocenters. The Balaban J connectivity index is 1.62. The van der Waals surface area contributed by atoms with Crippen LogP contribution in [0, 0.1) is 0 Å². The number of carbonyl (C=O) groups is 3. The second kappa shape index (κ2) is 10.6. The summed E-state index contributed by atoms with van der Waals surface area (Å²) in [6.07, 6.45) is -0.0570. The van der Waals surface area contributed by atoms with E-state index in [2.05, 4.69) is 20.7 Å². The Labute approximate surface area is 180 Å². The second-order valence-electron chi connectivity index (χ2n) is 6.69. The van der Waals surface area contributed by atoms with Gasteiger partial charge >= 0.3 is 5.97 Å². The van der Waals surface area contributed by atoms with E-state index in [4.69, 9.17) is 0 Å². The van der Waals surface area contributed by atoms with Crippen LogP contribution in [0.4, 0.5) is 22.7 Å². The van der Waals surface area contributed by atoms with Crippen molar-refractivity contribution in [1.29, 1.82) is 0 Å². The smallest absolute Gasteiger partial charge is 0.306 e. The third-order valence-corrected chi connectivity index (χ3v) is 4.43. The summed E-state index contributed by atoms with van der Waals surface area (Å²) in [6.45, 7) is 0. The molecule has 0 radical (unpaired) electrons. The molecule has 0 aliphatic carbocycles. The molecule has 0 atom stereocenters. The first-order valence-corrected chi connectivity index (χ1v) is 9.74. The summed E-state index contributed by atoms with van der Waals surface area (Å²) in [5.41, 5.74) is 3.17. The third-order valence-electron chi connectivity index (χ3n) is 4.43. The topological polar surface area (TPSA) is 96.5 Å². The molecule has 0 heterocycles. The Morgan fingerprint density at radius 2 is 1.32 bits per heavy atom. The Hall–Kier alpha value is -4.13.